The Morgan fingerprint density at radius 3 is 2.43 bits per heavy atom. The van der Waals surface area contributed by atoms with Crippen molar-refractivity contribution in [1.82, 2.24) is 0 Å². The third-order valence-electron chi connectivity index (χ3n) is 3.25. The zero-order valence-electron chi connectivity index (χ0n) is 13.1. The molecule has 1 atom stereocenters. The van der Waals surface area contributed by atoms with E-state index < -0.39 is 6.10 Å². The first-order chi connectivity index (χ1) is 11.1. The van der Waals surface area contributed by atoms with Crippen molar-refractivity contribution in [2.45, 2.75) is 19.4 Å². The van der Waals surface area contributed by atoms with Gasteiger partial charge in [-0.25, -0.2) is 0 Å². The van der Waals surface area contributed by atoms with E-state index in [-0.39, 0.29) is 5.91 Å². The topological polar surface area (TPSA) is 71.3 Å². The molecule has 0 radical (unpaired) electrons. The molecule has 118 valence electrons. The number of carbonyl (C=O) groups is 1. The van der Waals surface area contributed by atoms with Crippen LogP contribution in [0.2, 0.25) is 0 Å². The van der Waals surface area contributed by atoms with Crippen molar-refractivity contribution in [3.05, 3.63) is 54.1 Å². The van der Waals surface area contributed by atoms with Gasteiger partial charge in [0.1, 0.15) is 0 Å². The highest BCUT2D eigenvalue weighted by Crippen LogP contribution is 2.27. The second-order valence-electron chi connectivity index (χ2n) is 4.93. The molecule has 0 saturated heterocycles. The number of benzene rings is 2. The van der Waals surface area contributed by atoms with Crippen molar-refractivity contribution in [2.75, 3.05) is 12.4 Å². The summed E-state index contributed by atoms with van der Waals surface area (Å²) in [4.78, 5) is 12.2. The summed E-state index contributed by atoms with van der Waals surface area (Å²) in [6.07, 6.45) is -0.327. The number of para-hydroxylation sites is 2. The van der Waals surface area contributed by atoms with Gasteiger partial charge in [-0.05, 0) is 36.8 Å². The Hall–Kier alpha value is -3.00. The van der Waals surface area contributed by atoms with Crippen molar-refractivity contribution < 1.29 is 14.3 Å². The van der Waals surface area contributed by atoms with Gasteiger partial charge in [-0.2, -0.15) is 5.26 Å². The second-order valence-corrected chi connectivity index (χ2v) is 4.93. The minimum atomic E-state index is -0.676. The third kappa shape index (κ3) is 4.48. The predicted octanol–water partition coefficient (Wildman–Crippen LogP) is 3.17. The van der Waals surface area contributed by atoms with E-state index in [4.69, 9.17) is 14.7 Å². The van der Waals surface area contributed by atoms with Gasteiger partial charge in [0.05, 0.1) is 19.6 Å². The lowest BCUT2D eigenvalue weighted by Gasteiger charge is -2.16. The maximum atomic E-state index is 12.2. The fraction of sp³-hybridized carbons (Fsp3) is 0.222. The standard InChI is InChI=1S/C18H18N2O3/c1-13(23-17-6-4-3-5-16(17)22-2)18(21)20-15-9-7-14(8-10-15)11-12-19/h3-10,13H,11H2,1-2H3,(H,20,21)/t13-/m1/s1. The summed E-state index contributed by atoms with van der Waals surface area (Å²) < 4.78 is 10.8. The first-order valence-corrected chi connectivity index (χ1v) is 7.20. The Bertz CT molecular complexity index is 705. The molecule has 1 amide bonds. The van der Waals surface area contributed by atoms with E-state index in [2.05, 4.69) is 11.4 Å². The minimum Gasteiger partial charge on any atom is -0.493 e. The van der Waals surface area contributed by atoms with Crippen molar-refractivity contribution in [3.8, 4) is 17.6 Å². The van der Waals surface area contributed by atoms with Crippen LogP contribution in [0.5, 0.6) is 11.5 Å². The molecule has 1 N–H and O–H groups in total. The summed E-state index contributed by atoms with van der Waals surface area (Å²) >= 11 is 0. The molecule has 0 bridgehead atoms. The van der Waals surface area contributed by atoms with Gasteiger partial charge in [0.15, 0.2) is 17.6 Å². The first-order valence-electron chi connectivity index (χ1n) is 7.20. The molecule has 2 rings (SSSR count). The number of nitrogens with zero attached hydrogens (tertiary/aromatic N) is 1. The quantitative estimate of drug-likeness (QED) is 0.889. The number of hydrogen-bond acceptors (Lipinski definition) is 4. The Kier molecular flexibility index (Phi) is 5.59. The highest BCUT2D eigenvalue weighted by atomic mass is 16.5. The SMILES string of the molecule is COc1ccccc1O[C@H](C)C(=O)Nc1ccc(CC#N)cc1. The van der Waals surface area contributed by atoms with Crippen molar-refractivity contribution in [2.24, 2.45) is 0 Å². The van der Waals surface area contributed by atoms with Crippen LogP contribution in [0.15, 0.2) is 48.5 Å². The number of ether oxygens (including phenoxy) is 2. The number of nitriles is 1. The average molecular weight is 310 g/mol. The predicted molar refractivity (Wildman–Crippen MR) is 87.5 cm³/mol. The fourth-order valence-corrected chi connectivity index (χ4v) is 2.00. The van der Waals surface area contributed by atoms with Crippen LogP contribution in [0.4, 0.5) is 5.69 Å². The van der Waals surface area contributed by atoms with Crippen LogP contribution >= 0.6 is 0 Å². The van der Waals surface area contributed by atoms with Crippen molar-refractivity contribution >= 4 is 11.6 Å². The van der Waals surface area contributed by atoms with Gasteiger partial charge in [-0.3, -0.25) is 4.79 Å². The number of hydrogen-bond donors (Lipinski definition) is 1. The van der Waals surface area contributed by atoms with E-state index in [1.807, 2.05) is 24.3 Å². The minimum absolute atomic E-state index is 0.260. The zero-order valence-corrected chi connectivity index (χ0v) is 13.1. The summed E-state index contributed by atoms with van der Waals surface area (Å²) in [7, 11) is 1.55. The van der Waals surface area contributed by atoms with Crippen molar-refractivity contribution in [1.29, 1.82) is 5.26 Å². The monoisotopic (exact) mass is 310 g/mol. The molecule has 5 nitrogen and oxygen atoms in total. The number of methoxy groups -OCH3 is 1. The highest BCUT2D eigenvalue weighted by molar-refractivity contribution is 5.94. The normalized spacial score (nSPS) is 11.2. The van der Waals surface area contributed by atoms with Gasteiger partial charge < -0.3 is 14.8 Å². The molecule has 2 aromatic carbocycles. The smallest absolute Gasteiger partial charge is 0.265 e. The average Bonchev–Trinajstić information content (AvgIpc) is 2.57. The largest absolute Gasteiger partial charge is 0.493 e. The van der Waals surface area contributed by atoms with Crippen LogP contribution in [0.25, 0.3) is 0 Å². The van der Waals surface area contributed by atoms with Gasteiger partial charge in [-0.1, -0.05) is 24.3 Å². The molecule has 0 saturated carbocycles. The molecular weight excluding hydrogens is 292 g/mol. The van der Waals surface area contributed by atoms with Crippen LogP contribution in [0, 0.1) is 11.3 Å². The summed E-state index contributed by atoms with van der Waals surface area (Å²) in [6, 6.07) is 16.4. The van der Waals surface area contributed by atoms with Gasteiger partial charge in [0, 0.05) is 5.69 Å². The summed E-state index contributed by atoms with van der Waals surface area (Å²) in [5.74, 6) is 0.832. The van der Waals surface area contributed by atoms with Crippen LogP contribution in [-0.2, 0) is 11.2 Å². The van der Waals surface area contributed by atoms with Crippen LogP contribution < -0.4 is 14.8 Å². The lowest BCUT2D eigenvalue weighted by atomic mass is 10.1. The van der Waals surface area contributed by atoms with Crippen LogP contribution in [0.1, 0.15) is 12.5 Å². The van der Waals surface area contributed by atoms with Gasteiger partial charge in [0.25, 0.3) is 5.91 Å². The maximum Gasteiger partial charge on any atom is 0.265 e. The summed E-state index contributed by atoms with van der Waals surface area (Å²) in [5.41, 5.74) is 1.57. The van der Waals surface area contributed by atoms with E-state index in [0.29, 0.717) is 23.6 Å². The van der Waals surface area contributed by atoms with E-state index in [1.165, 1.54) is 0 Å². The molecule has 0 unspecified atom stereocenters. The lowest BCUT2D eigenvalue weighted by Crippen LogP contribution is -2.30. The second kappa shape index (κ2) is 7.85. The Balaban J connectivity index is 1.98. The molecule has 5 heteroatoms. The zero-order chi connectivity index (χ0) is 16.7. The van der Waals surface area contributed by atoms with Crippen LogP contribution in [-0.4, -0.2) is 19.1 Å². The van der Waals surface area contributed by atoms with Gasteiger partial charge >= 0.3 is 0 Å². The third-order valence-corrected chi connectivity index (χ3v) is 3.25. The Morgan fingerprint density at radius 1 is 1.17 bits per heavy atom. The van der Waals surface area contributed by atoms with Gasteiger partial charge in [-0.15, -0.1) is 0 Å². The Morgan fingerprint density at radius 2 is 1.83 bits per heavy atom. The molecule has 0 aliphatic heterocycles. The molecule has 0 heterocycles. The number of anilines is 1. The summed E-state index contributed by atoms with van der Waals surface area (Å²) in [6.45, 7) is 1.67. The molecule has 0 fully saturated rings. The van der Waals surface area contributed by atoms with Crippen LogP contribution in [0.3, 0.4) is 0 Å². The lowest BCUT2D eigenvalue weighted by molar-refractivity contribution is -0.122. The molecular formula is C18H18N2O3. The molecule has 0 aliphatic rings. The summed E-state index contributed by atoms with van der Waals surface area (Å²) in [5, 5.41) is 11.4. The molecule has 0 spiro atoms. The first kappa shape index (κ1) is 16.4. The van der Waals surface area contributed by atoms with E-state index in [9.17, 15) is 4.79 Å². The maximum absolute atomic E-state index is 12.2. The number of carbonyl (C=O) groups excluding carboxylic acids is 1. The molecule has 0 aromatic heterocycles. The van der Waals surface area contributed by atoms with Gasteiger partial charge in [0.2, 0.25) is 0 Å². The fourth-order valence-electron chi connectivity index (χ4n) is 2.00. The molecule has 2 aromatic rings. The number of rotatable bonds is 6. The highest BCUT2D eigenvalue weighted by Gasteiger charge is 2.16. The number of amides is 1. The van der Waals surface area contributed by atoms with Crippen molar-refractivity contribution in [3.63, 3.8) is 0 Å². The molecule has 0 aliphatic carbocycles. The number of nitrogens with one attached hydrogen (secondary N) is 1. The molecule has 23 heavy (non-hydrogen) atoms. The van der Waals surface area contributed by atoms with E-state index in [1.54, 1.807) is 38.3 Å². The van der Waals surface area contributed by atoms with E-state index in [0.717, 1.165) is 5.56 Å². The van der Waals surface area contributed by atoms with E-state index >= 15 is 0 Å². The Labute approximate surface area is 135 Å².